The zero-order valence-electron chi connectivity index (χ0n) is 14.8. The Hall–Kier alpha value is -2.73. The van der Waals surface area contributed by atoms with Crippen molar-refractivity contribution in [3.8, 4) is 17.2 Å². The minimum atomic E-state index is -0.350. The van der Waals surface area contributed by atoms with Crippen LogP contribution in [0.15, 0.2) is 42.5 Å². The highest BCUT2D eigenvalue weighted by molar-refractivity contribution is 5.88. The number of hydroxylamine groups is 2. The Morgan fingerprint density at radius 1 is 1.16 bits per heavy atom. The monoisotopic (exact) mass is 342 g/mol. The van der Waals surface area contributed by atoms with E-state index in [0.717, 1.165) is 28.5 Å². The standard InChI is InChI=1S/C19H22N2O4/c1-19(2)12-13-11-16(9-10-17(13)25-19)24-15-7-5-14(6-8-15)20-18(22)21(3)23-4/h5-11H,12H2,1-4H3,(H,20,22). The second-order valence-corrected chi connectivity index (χ2v) is 6.54. The van der Waals surface area contributed by atoms with Gasteiger partial charge in [-0.05, 0) is 56.3 Å². The molecule has 2 aromatic carbocycles. The molecule has 132 valence electrons. The molecule has 3 rings (SSSR count). The lowest BCUT2D eigenvalue weighted by atomic mass is 10.0. The van der Waals surface area contributed by atoms with Crippen molar-refractivity contribution in [1.29, 1.82) is 0 Å². The minimum absolute atomic E-state index is 0.170. The largest absolute Gasteiger partial charge is 0.487 e. The predicted molar refractivity (Wildman–Crippen MR) is 95.2 cm³/mol. The molecule has 2 aromatic rings. The van der Waals surface area contributed by atoms with E-state index in [4.69, 9.17) is 14.3 Å². The summed E-state index contributed by atoms with van der Waals surface area (Å²) in [4.78, 5) is 16.6. The Morgan fingerprint density at radius 2 is 1.84 bits per heavy atom. The van der Waals surface area contributed by atoms with Gasteiger partial charge in [0.2, 0.25) is 0 Å². The zero-order chi connectivity index (χ0) is 18.0. The Bertz CT molecular complexity index is 771. The number of rotatable bonds is 4. The lowest BCUT2D eigenvalue weighted by molar-refractivity contribution is -0.0598. The fourth-order valence-corrected chi connectivity index (χ4v) is 2.68. The van der Waals surface area contributed by atoms with E-state index >= 15 is 0 Å². The fourth-order valence-electron chi connectivity index (χ4n) is 2.68. The summed E-state index contributed by atoms with van der Waals surface area (Å²) < 4.78 is 11.8. The average molecular weight is 342 g/mol. The van der Waals surface area contributed by atoms with Crippen molar-refractivity contribution in [3.63, 3.8) is 0 Å². The Balaban J connectivity index is 1.66. The lowest BCUT2D eigenvalue weighted by Crippen LogP contribution is -2.30. The normalized spacial score (nSPS) is 14.4. The van der Waals surface area contributed by atoms with Gasteiger partial charge in [0.05, 0.1) is 7.11 Å². The third-order valence-corrected chi connectivity index (χ3v) is 3.94. The van der Waals surface area contributed by atoms with Crippen LogP contribution >= 0.6 is 0 Å². The number of fused-ring (bicyclic) bond motifs is 1. The molecular weight excluding hydrogens is 320 g/mol. The van der Waals surface area contributed by atoms with Gasteiger partial charge in [0.25, 0.3) is 0 Å². The number of nitrogens with zero attached hydrogens (tertiary/aromatic N) is 1. The van der Waals surface area contributed by atoms with E-state index in [9.17, 15) is 4.79 Å². The first kappa shape index (κ1) is 17.1. The number of carbonyl (C=O) groups excluding carboxylic acids is 1. The van der Waals surface area contributed by atoms with Crippen LogP contribution in [0.5, 0.6) is 17.2 Å². The van der Waals surface area contributed by atoms with E-state index in [1.807, 2.05) is 18.2 Å². The number of hydrogen-bond acceptors (Lipinski definition) is 4. The van der Waals surface area contributed by atoms with Crippen LogP contribution < -0.4 is 14.8 Å². The average Bonchev–Trinajstić information content (AvgIpc) is 2.89. The molecule has 0 spiro atoms. The quantitative estimate of drug-likeness (QED) is 0.845. The van der Waals surface area contributed by atoms with E-state index in [0.29, 0.717) is 11.4 Å². The van der Waals surface area contributed by atoms with Gasteiger partial charge in [-0.2, -0.15) is 0 Å². The van der Waals surface area contributed by atoms with Gasteiger partial charge in [0.15, 0.2) is 0 Å². The number of amides is 2. The van der Waals surface area contributed by atoms with Gasteiger partial charge in [0.1, 0.15) is 22.8 Å². The maximum atomic E-state index is 11.7. The first-order valence-electron chi connectivity index (χ1n) is 8.05. The molecule has 0 saturated heterocycles. The van der Waals surface area contributed by atoms with Crippen molar-refractivity contribution >= 4 is 11.7 Å². The molecule has 1 aliphatic rings. The zero-order valence-corrected chi connectivity index (χ0v) is 14.8. The molecule has 6 nitrogen and oxygen atoms in total. The molecular formula is C19H22N2O4. The van der Waals surface area contributed by atoms with Crippen LogP contribution in [0.4, 0.5) is 10.5 Å². The summed E-state index contributed by atoms with van der Waals surface area (Å²) in [7, 11) is 2.96. The van der Waals surface area contributed by atoms with Crippen LogP contribution in [0.1, 0.15) is 19.4 Å². The molecule has 1 N–H and O–H groups in total. The number of nitrogens with one attached hydrogen (secondary N) is 1. The Morgan fingerprint density at radius 3 is 2.52 bits per heavy atom. The summed E-state index contributed by atoms with van der Waals surface area (Å²) in [6.45, 7) is 4.14. The number of hydrogen-bond donors (Lipinski definition) is 1. The molecule has 0 radical (unpaired) electrons. The van der Waals surface area contributed by atoms with Crippen LogP contribution in [0.25, 0.3) is 0 Å². The number of benzene rings is 2. The topological polar surface area (TPSA) is 60.0 Å². The molecule has 0 aliphatic carbocycles. The van der Waals surface area contributed by atoms with E-state index in [-0.39, 0.29) is 11.6 Å². The number of anilines is 1. The minimum Gasteiger partial charge on any atom is -0.487 e. The van der Waals surface area contributed by atoms with Crippen LogP contribution in [0, 0.1) is 0 Å². The van der Waals surface area contributed by atoms with Crippen LogP contribution in [0.3, 0.4) is 0 Å². The van der Waals surface area contributed by atoms with E-state index in [2.05, 4.69) is 19.2 Å². The van der Waals surface area contributed by atoms with Crippen LogP contribution in [-0.4, -0.2) is 30.9 Å². The molecule has 1 heterocycles. The molecule has 0 bridgehead atoms. The molecule has 25 heavy (non-hydrogen) atoms. The van der Waals surface area contributed by atoms with Crippen LogP contribution in [-0.2, 0) is 11.3 Å². The Labute approximate surface area is 147 Å². The smallest absolute Gasteiger partial charge is 0.345 e. The third-order valence-electron chi connectivity index (χ3n) is 3.94. The number of carbonyl (C=O) groups is 1. The molecule has 0 fully saturated rings. The van der Waals surface area contributed by atoms with Crippen molar-refractivity contribution in [2.75, 3.05) is 19.5 Å². The molecule has 6 heteroatoms. The second kappa shape index (κ2) is 6.64. The summed E-state index contributed by atoms with van der Waals surface area (Å²) in [5, 5.41) is 3.83. The summed E-state index contributed by atoms with van der Waals surface area (Å²) in [6, 6.07) is 12.6. The molecule has 0 aromatic heterocycles. The number of urea groups is 1. The molecule has 0 unspecified atom stereocenters. The van der Waals surface area contributed by atoms with E-state index < -0.39 is 0 Å². The van der Waals surface area contributed by atoms with Crippen molar-refractivity contribution in [2.24, 2.45) is 0 Å². The molecule has 1 aliphatic heterocycles. The Kier molecular flexibility index (Phi) is 4.55. The van der Waals surface area contributed by atoms with E-state index in [1.165, 1.54) is 14.2 Å². The maximum Gasteiger partial charge on any atom is 0.345 e. The van der Waals surface area contributed by atoms with Gasteiger partial charge in [0, 0.05) is 24.7 Å². The van der Waals surface area contributed by atoms with Crippen molar-refractivity contribution in [3.05, 3.63) is 48.0 Å². The van der Waals surface area contributed by atoms with Crippen LogP contribution in [0.2, 0.25) is 0 Å². The fraction of sp³-hybridized carbons (Fsp3) is 0.316. The summed E-state index contributed by atoms with van der Waals surface area (Å²) >= 11 is 0. The molecule has 0 atom stereocenters. The summed E-state index contributed by atoms with van der Waals surface area (Å²) in [5.74, 6) is 2.37. The third kappa shape index (κ3) is 4.03. The highest BCUT2D eigenvalue weighted by Gasteiger charge is 2.30. The van der Waals surface area contributed by atoms with Crippen molar-refractivity contribution < 1.29 is 19.1 Å². The van der Waals surface area contributed by atoms with Gasteiger partial charge < -0.3 is 14.8 Å². The highest BCUT2D eigenvalue weighted by atomic mass is 16.7. The van der Waals surface area contributed by atoms with Crippen molar-refractivity contribution in [2.45, 2.75) is 25.9 Å². The summed E-state index contributed by atoms with van der Waals surface area (Å²) in [5.41, 5.74) is 1.63. The summed E-state index contributed by atoms with van der Waals surface area (Å²) in [6.07, 6.45) is 0.859. The molecule has 0 saturated carbocycles. The highest BCUT2D eigenvalue weighted by Crippen LogP contribution is 2.37. The lowest BCUT2D eigenvalue weighted by Gasteiger charge is -2.16. The van der Waals surface area contributed by atoms with Gasteiger partial charge >= 0.3 is 6.03 Å². The van der Waals surface area contributed by atoms with Gasteiger partial charge in [-0.15, -0.1) is 0 Å². The van der Waals surface area contributed by atoms with Gasteiger partial charge in [-0.25, -0.2) is 9.86 Å². The SMILES string of the molecule is CON(C)C(=O)Nc1ccc(Oc2ccc3c(c2)CC(C)(C)O3)cc1. The van der Waals surface area contributed by atoms with E-state index in [1.54, 1.807) is 24.3 Å². The predicted octanol–water partition coefficient (Wildman–Crippen LogP) is 4.22. The van der Waals surface area contributed by atoms with Crippen molar-refractivity contribution in [1.82, 2.24) is 5.06 Å². The first-order chi connectivity index (χ1) is 11.9. The first-order valence-corrected chi connectivity index (χ1v) is 8.05. The van der Waals surface area contributed by atoms with Gasteiger partial charge in [-0.1, -0.05) is 0 Å². The second-order valence-electron chi connectivity index (χ2n) is 6.54. The van der Waals surface area contributed by atoms with Gasteiger partial charge in [-0.3, -0.25) is 4.84 Å². The maximum absolute atomic E-state index is 11.7. The molecule has 2 amide bonds. The number of ether oxygens (including phenoxy) is 2.